The number of phenols is 1. The average Bonchev–Trinajstić information content (AvgIpc) is 3.66. The quantitative estimate of drug-likeness (QED) is 0.0661. The van der Waals surface area contributed by atoms with E-state index in [0.29, 0.717) is 40.9 Å². The number of nitrogens with one attached hydrogen (secondary N) is 1. The van der Waals surface area contributed by atoms with Crippen molar-refractivity contribution in [1.29, 1.82) is 0 Å². The van der Waals surface area contributed by atoms with Gasteiger partial charge in [0.2, 0.25) is 11.8 Å². The number of amides is 2. The lowest BCUT2D eigenvalue weighted by molar-refractivity contribution is -0.122. The monoisotopic (exact) mass is 768 g/mol. The third kappa shape index (κ3) is 6.50. The number of ether oxygens (including phenoxy) is 2. The number of fused-ring (bicyclic) bond motifs is 3. The van der Waals surface area contributed by atoms with E-state index in [1.807, 2.05) is 72.8 Å². The molecule has 3 N–H and O–H groups in total. The summed E-state index contributed by atoms with van der Waals surface area (Å²) in [5.41, 5.74) is 7.18. The molecule has 3 aliphatic rings. The standard InChI is InChI=1S/C40H37IN2O6/c1-48-35-20-24(19-33(41)38(35)45)18-26(25-8-4-2-5-9-25)12-17-34-36-27(22-44)21-31-37(32(36)23-49-34)40(47)43(39(31)46)30-15-13-29(14-16-30)42-28-10-6-3-7-11-28/h2-11,13-16,18-20,31-32,34,37,42,44-45H,12,17,21-23H2,1H3/b26-18-/t31-,32+,34-,37-/m1/s1. The number of hydrogen-bond acceptors (Lipinski definition) is 7. The number of hydrogen-bond donors (Lipinski definition) is 3. The Bertz CT molecular complexity index is 1930. The first kappa shape index (κ1) is 33.1. The predicted molar refractivity (Wildman–Crippen MR) is 199 cm³/mol. The molecule has 4 aromatic rings. The van der Waals surface area contributed by atoms with Gasteiger partial charge in [0.15, 0.2) is 11.5 Å². The first-order chi connectivity index (χ1) is 23.9. The molecule has 8 nitrogen and oxygen atoms in total. The van der Waals surface area contributed by atoms with Gasteiger partial charge in [-0.05, 0) is 118 Å². The molecule has 0 aromatic heterocycles. The van der Waals surface area contributed by atoms with Crippen LogP contribution in [0.3, 0.4) is 0 Å². The van der Waals surface area contributed by atoms with E-state index in [0.717, 1.165) is 39.2 Å². The topological polar surface area (TPSA) is 108 Å². The first-order valence-corrected chi connectivity index (χ1v) is 17.5. The maximum Gasteiger partial charge on any atom is 0.238 e. The van der Waals surface area contributed by atoms with E-state index in [1.165, 1.54) is 12.0 Å². The van der Waals surface area contributed by atoms with Gasteiger partial charge in [-0.25, -0.2) is 0 Å². The molecule has 0 bridgehead atoms. The third-order valence-electron chi connectivity index (χ3n) is 9.82. The summed E-state index contributed by atoms with van der Waals surface area (Å²) >= 11 is 2.10. The number of nitrogens with zero attached hydrogens (tertiary/aromatic N) is 1. The smallest absolute Gasteiger partial charge is 0.238 e. The number of phenolic OH excluding ortho intramolecular Hbond substituents is 1. The molecule has 2 aliphatic heterocycles. The number of aliphatic hydroxyl groups excluding tert-OH is 1. The molecule has 4 atom stereocenters. The minimum atomic E-state index is -0.528. The highest BCUT2D eigenvalue weighted by Gasteiger charge is 2.57. The molecule has 2 saturated heterocycles. The molecule has 0 radical (unpaired) electrons. The predicted octanol–water partition coefficient (Wildman–Crippen LogP) is 7.58. The van der Waals surface area contributed by atoms with Crippen LogP contribution in [-0.2, 0) is 14.3 Å². The molecule has 0 saturated carbocycles. The highest BCUT2D eigenvalue weighted by Crippen LogP contribution is 2.50. The van der Waals surface area contributed by atoms with E-state index in [2.05, 4.69) is 46.1 Å². The van der Waals surface area contributed by atoms with Gasteiger partial charge < -0.3 is 25.0 Å². The molecule has 0 unspecified atom stereocenters. The number of allylic oxidation sites excluding steroid dienone is 1. The molecule has 2 amide bonds. The summed E-state index contributed by atoms with van der Waals surface area (Å²) in [6, 6.07) is 31.0. The fraction of sp³-hybridized carbons (Fsp3) is 0.250. The van der Waals surface area contributed by atoms with Crippen molar-refractivity contribution in [3.8, 4) is 11.5 Å². The van der Waals surface area contributed by atoms with Crippen molar-refractivity contribution in [2.24, 2.45) is 17.8 Å². The van der Waals surface area contributed by atoms with Gasteiger partial charge in [0.05, 0.1) is 47.5 Å². The maximum absolute atomic E-state index is 14.0. The number of carbonyl (C=O) groups is 2. The summed E-state index contributed by atoms with van der Waals surface area (Å²) in [4.78, 5) is 29.2. The van der Waals surface area contributed by atoms with E-state index in [4.69, 9.17) is 9.47 Å². The van der Waals surface area contributed by atoms with Gasteiger partial charge in [-0.15, -0.1) is 0 Å². The number of rotatable bonds is 10. The second kappa shape index (κ2) is 14.2. The molecular weight excluding hydrogens is 731 g/mol. The minimum Gasteiger partial charge on any atom is -0.504 e. The lowest BCUT2D eigenvalue weighted by Crippen LogP contribution is -2.35. The van der Waals surface area contributed by atoms with E-state index in [-0.39, 0.29) is 36.2 Å². The molecular formula is C40H37IN2O6. The normalized spacial score (nSPS) is 21.9. The van der Waals surface area contributed by atoms with Crippen molar-refractivity contribution in [2.75, 3.05) is 30.5 Å². The van der Waals surface area contributed by atoms with Crippen molar-refractivity contribution >= 4 is 63.1 Å². The summed E-state index contributed by atoms with van der Waals surface area (Å²) in [7, 11) is 1.54. The van der Waals surface area contributed by atoms with Gasteiger partial charge in [-0.1, -0.05) is 54.6 Å². The SMILES string of the molecule is COc1cc(/C=C(/CC[C@H]2OC[C@H]3C2=C(CO)C[C@H]2C(=O)N(c4ccc(Nc5ccccc5)cc4)C(=O)[C@H]23)c2ccccc2)cc(I)c1O. The average molecular weight is 769 g/mol. The van der Waals surface area contributed by atoms with E-state index < -0.39 is 11.8 Å². The number of aromatic hydroxyl groups is 1. The van der Waals surface area contributed by atoms with Crippen molar-refractivity contribution < 1.29 is 29.3 Å². The summed E-state index contributed by atoms with van der Waals surface area (Å²) in [5, 5.41) is 24.2. The molecule has 4 aromatic carbocycles. The number of halogens is 1. The zero-order valence-electron chi connectivity index (χ0n) is 27.0. The van der Waals surface area contributed by atoms with Crippen LogP contribution in [0.5, 0.6) is 11.5 Å². The number of aliphatic hydroxyl groups is 1. The summed E-state index contributed by atoms with van der Waals surface area (Å²) in [6.07, 6.45) is 3.47. The van der Waals surface area contributed by atoms with Crippen LogP contribution in [-0.4, -0.2) is 48.5 Å². The molecule has 1 aliphatic carbocycles. The van der Waals surface area contributed by atoms with Gasteiger partial charge in [0.1, 0.15) is 0 Å². The van der Waals surface area contributed by atoms with Crippen LogP contribution >= 0.6 is 22.6 Å². The zero-order chi connectivity index (χ0) is 34.1. The van der Waals surface area contributed by atoms with Crippen molar-refractivity contribution in [3.05, 3.63) is 123 Å². The van der Waals surface area contributed by atoms with Crippen LogP contribution < -0.4 is 15.0 Å². The van der Waals surface area contributed by atoms with E-state index in [1.54, 1.807) is 12.1 Å². The van der Waals surface area contributed by atoms with E-state index in [9.17, 15) is 19.8 Å². The molecule has 250 valence electrons. The fourth-order valence-electron chi connectivity index (χ4n) is 7.53. The van der Waals surface area contributed by atoms with Crippen LogP contribution in [0.1, 0.15) is 30.4 Å². The summed E-state index contributed by atoms with van der Waals surface area (Å²) in [5.74, 6) is -1.23. The molecule has 2 heterocycles. The Kier molecular flexibility index (Phi) is 9.57. The molecule has 0 spiro atoms. The van der Waals surface area contributed by atoms with Crippen LogP contribution in [0.2, 0.25) is 0 Å². The fourth-order valence-corrected chi connectivity index (χ4v) is 8.15. The zero-order valence-corrected chi connectivity index (χ0v) is 29.2. The Morgan fingerprint density at radius 3 is 2.35 bits per heavy atom. The van der Waals surface area contributed by atoms with Gasteiger partial charge in [-0.3, -0.25) is 14.5 Å². The van der Waals surface area contributed by atoms with Crippen LogP contribution in [0.4, 0.5) is 17.1 Å². The highest BCUT2D eigenvalue weighted by atomic mass is 127. The van der Waals surface area contributed by atoms with Crippen LogP contribution in [0.25, 0.3) is 11.6 Å². The Morgan fingerprint density at radius 2 is 1.65 bits per heavy atom. The number of para-hydroxylation sites is 1. The van der Waals surface area contributed by atoms with Gasteiger partial charge in [0, 0.05) is 17.3 Å². The lowest BCUT2D eigenvalue weighted by atomic mass is 9.69. The van der Waals surface area contributed by atoms with Crippen molar-refractivity contribution in [3.63, 3.8) is 0 Å². The Morgan fingerprint density at radius 1 is 0.959 bits per heavy atom. The summed E-state index contributed by atoms with van der Waals surface area (Å²) in [6.45, 7) is 0.151. The van der Waals surface area contributed by atoms with Gasteiger partial charge in [0.25, 0.3) is 0 Å². The minimum absolute atomic E-state index is 0.113. The number of benzene rings is 4. The second-order valence-electron chi connectivity index (χ2n) is 12.7. The highest BCUT2D eigenvalue weighted by molar-refractivity contribution is 14.1. The van der Waals surface area contributed by atoms with E-state index >= 15 is 0 Å². The third-order valence-corrected chi connectivity index (χ3v) is 10.6. The Hall–Kier alpha value is -4.45. The van der Waals surface area contributed by atoms with Gasteiger partial charge in [-0.2, -0.15) is 0 Å². The summed E-state index contributed by atoms with van der Waals surface area (Å²) < 4.78 is 12.5. The Balaban J connectivity index is 1.11. The Labute approximate surface area is 299 Å². The van der Waals surface area contributed by atoms with Crippen molar-refractivity contribution in [2.45, 2.75) is 25.4 Å². The maximum atomic E-state index is 14.0. The van der Waals surface area contributed by atoms with Crippen LogP contribution in [0, 0.1) is 21.3 Å². The number of methoxy groups -OCH3 is 1. The van der Waals surface area contributed by atoms with Gasteiger partial charge >= 0.3 is 0 Å². The molecule has 9 heteroatoms. The molecule has 7 rings (SSSR count). The first-order valence-electron chi connectivity index (χ1n) is 16.4. The van der Waals surface area contributed by atoms with Crippen LogP contribution in [0.15, 0.2) is 108 Å². The van der Waals surface area contributed by atoms with Crippen molar-refractivity contribution in [1.82, 2.24) is 0 Å². The number of carbonyl (C=O) groups excluding carboxylic acids is 2. The lowest BCUT2D eigenvalue weighted by Gasteiger charge is -2.31. The molecule has 49 heavy (non-hydrogen) atoms. The second-order valence-corrected chi connectivity index (χ2v) is 13.8. The largest absolute Gasteiger partial charge is 0.504 e. The molecule has 2 fully saturated rings. The number of imide groups is 1. The number of anilines is 3.